The van der Waals surface area contributed by atoms with E-state index in [-0.39, 0.29) is 11.9 Å². The molecule has 2 N–H and O–H groups in total. The minimum absolute atomic E-state index is 0.0166. The molecule has 1 aromatic heterocycles. The van der Waals surface area contributed by atoms with E-state index in [1.165, 1.54) is 0 Å². The van der Waals surface area contributed by atoms with Gasteiger partial charge in [0.1, 0.15) is 0 Å². The van der Waals surface area contributed by atoms with E-state index in [2.05, 4.69) is 26.6 Å². The SMILES string of the molecule is O=C(NCc1csc(Br)c1)C1CSCN1. The third-order valence-electron chi connectivity index (χ3n) is 2.12. The first-order valence-electron chi connectivity index (χ1n) is 4.57. The van der Waals surface area contributed by atoms with Gasteiger partial charge >= 0.3 is 0 Å². The lowest BCUT2D eigenvalue weighted by atomic mass is 10.3. The van der Waals surface area contributed by atoms with Crippen molar-refractivity contribution in [3.63, 3.8) is 0 Å². The van der Waals surface area contributed by atoms with E-state index in [4.69, 9.17) is 0 Å². The van der Waals surface area contributed by atoms with Gasteiger partial charge in [-0.3, -0.25) is 10.1 Å². The average molecular weight is 307 g/mol. The molecule has 2 rings (SSSR count). The number of carbonyl (C=O) groups excluding carboxylic acids is 1. The highest BCUT2D eigenvalue weighted by Crippen LogP contribution is 2.20. The van der Waals surface area contributed by atoms with Crippen LogP contribution in [0.2, 0.25) is 0 Å². The second-order valence-electron chi connectivity index (χ2n) is 3.25. The van der Waals surface area contributed by atoms with Crippen LogP contribution < -0.4 is 10.6 Å². The van der Waals surface area contributed by atoms with Gasteiger partial charge in [0, 0.05) is 18.2 Å². The Labute approximate surface area is 105 Å². The molecule has 0 aliphatic carbocycles. The molecule has 0 radical (unpaired) electrons. The maximum absolute atomic E-state index is 11.6. The summed E-state index contributed by atoms with van der Waals surface area (Å²) in [5.41, 5.74) is 1.14. The molecule has 1 atom stereocenters. The van der Waals surface area contributed by atoms with Gasteiger partial charge in [0.15, 0.2) is 0 Å². The minimum Gasteiger partial charge on any atom is -0.351 e. The number of carbonyl (C=O) groups is 1. The number of hydrogen-bond acceptors (Lipinski definition) is 4. The standard InChI is InChI=1S/C9H11BrN2OS2/c10-8-1-6(3-15-8)2-11-9(13)7-4-14-5-12-7/h1,3,7,12H,2,4-5H2,(H,11,13). The zero-order valence-electron chi connectivity index (χ0n) is 7.96. The van der Waals surface area contributed by atoms with Crippen molar-refractivity contribution in [3.05, 3.63) is 20.8 Å². The van der Waals surface area contributed by atoms with Crippen LogP contribution in [-0.2, 0) is 11.3 Å². The van der Waals surface area contributed by atoms with E-state index in [9.17, 15) is 4.79 Å². The highest BCUT2D eigenvalue weighted by molar-refractivity contribution is 9.11. The van der Waals surface area contributed by atoms with E-state index in [1.807, 2.05) is 11.4 Å². The molecule has 0 saturated carbocycles. The van der Waals surface area contributed by atoms with Crippen LogP contribution >= 0.6 is 39.0 Å². The lowest BCUT2D eigenvalue weighted by Crippen LogP contribution is -2.41. The molecule has 3 nitrogen and oxygen atoms in total. The minimum atomic E-state index is -0.0166. The van der Waals surface area contributed by atoms with Crippen LogP contribution in [0.3, 0.4) is 0 Å². The van der Waals surface area contributed by atoms with E-state index in [0.717, 1.165) is 21.0 Å². The summed E-state index contributed by atoms with van der Waals surface area (Å²) in [7, 11) is 0. The Morgan fingerprint density at radius 3 is 3.20 bits per heavy atom. The first-order valence-corrected chi connectivity index (χ1v) is 7.40. The van der Waals surface area contributed by atoms with Crippen molar-refractivity contribution in [3.8, 4) is 0 Å². The molecule has 1 aliphatic heterocycles. The summed E-state index contributed by atoms with van der Waals surface area (Å²) < 4.78 is 1.10. The fourth-order valence-corrected chi connectivity index (χ4v) is 3.47. The molecule has 1 aromatic rings. The zero-order valence-corrected chi connectivity index (χ0v) is 11.2. The Hall–Kier alpha value is -0.0400. The van der Waals surface area contributed by atoms with Crippen molar-refractivity contribution >= 4 is 44.9 Å². The van der Waals surface area contributed by atoms with Gasteiger partial charge in [-0.1, -0.05) is 0 Å². The summed E-state index contributed by atoms with van der Waals surface area (Å²) in [6, 6.07) is 2.01. The molecule has 1 unspecified atom stereocenters. The van der Waals surface area contributed by atoms with Crippen molar-refractivity contribution in [1.82, 2.24) is 10.6 Å². The number of hydrogen-bond donors (Lipinski definition) is 2. The topological polar surface area (TPSA) is 41.1 Å². The molecule has 1 amide bonds. The van der Waals surface area contributed by atoms with Gasteiger partial charge in [0.25, 0.3) is 0 Å². The largest absolute Gasteiger partial charge is 0.351 e. The van der Waals surface area contributed by atoms with Crippen molar-refractivity contribution < 1.29 is 4.79 Å². The van der Waals surface area contributed by atoms with Crippen LogP contribution in [0.4, 0.5) is 0 Å². The molecule has 15 heavy (non-hydrogen) atoms. The molecule has 2 heterocycles. The molecular weight excluding hydrogens is 296 g/mol. The number of halogens is 1. The maximum atomic E-state index is 11.6. The average Bonchev–Trinajstić information content (AvgIpc) is 2.84. The van der Waals surface area contributed by atoms with E-state index < -0.39 is 0 Å². The smallest absolute Gasteiger partial charge is 0.238 e. The van der Waals surface area contributed by atoms with Crippen molar-refractivity contribution in [2.75, 3.05) is 11.6 Å². The van der Waals surface area contributed by atoms with Crippen LogP contribution in [0.5, 0.6) is 0 Å². The summed E-state index contributed by atoms with van der Waals surface area (Å²) in [6.07, 6.45) is 0. The van der Waals surface area contributed by atoms with Gasteiger partial charge in [0.05, 0.1) is 9.83 Å². The normalized spacial score (nSPS) is 20.5. The maximum Gasteiger partial charge on any atom is 0.238 e. The van der Waals surface area contributed by atoms with Gasteiger partial charge in [-0.15, -0.1) is 23.1 Å². The van der Waals surface area contributed by atoms with Gasteiger partial charge in [-0.25, -0.2) is 0 Å². The van der Waals surface area contributed by atoms with E-state index >= 15 is 0 Å². The summed E-state index contributed by atoms with van der Waals surface area (Å²) >= 11 is 6.79. The lowest BCUT2D eigenvalue weighted by Gasteiger charge is -2.09. The third kappa shape index (κ3) is 3.21. The van der Waals surface area contributed by atoms with E-state index in [0.29, 0.717) is 6.54 Å². The van der Waals surface area contributed by atoms with Crippen molar-refractivity contribution in [2.24, 2.45) is 0 Å². The molecule has 0 bridgehead atoms. The second kappa shape index (κ2) is 5.34. The van der Waals surface area contributed by atoms with Crippen molar-refractivity contribution in [1.29, 1.82) is 0 Å². The number of rotatable bonds is 3. The second-order valence-corrected chi connectivity index (χ2v) is 6.57. The molecule has 82 valence electrons. The van der Waals surface area contributed by atoms with Gasteiger partial charge in [-0.2, -0.15) is 0 Å². The molecule has 1 fully saturated rings. The number of thioether (sulfide) groups is 1. The first-order chi connectivity index (χ1) is 7.25. The van der Waals surface area contributed by atoms with Crippen molar-refractivity contribution in [2.45, 2.75) is 12.6 Å². The Kier molecular flexibility index (Phi) is 4.07. The number of thiophene rings is 1. The van der Waals surface area contributed by atoms with Gasteiger partial charge in [0.2, 0.25) is 5.91 Å². The molecule has 1 saturated heterocycles. The predicted molar refractivity (Wildman–Crippen MR) is 68.1 cm³/mol. The number of amides is 1. The molecule has 6 heteroatoms. The first kappa shape index (κ1) is 11.4. The third-order valence-corrected chi connectivity index (χ3v) is 4.61. The highest BCUT2D eigenvalue weighted by Gasteiger charge is 2.21. The van der Waals surface area contributed by atoms with Gasteiger partial charge < -0.3 is 5.32 Å². The summed E-state index contributed by atoms with van der Waals surface area (Å²) in [5.74, 6) is 1.85. The Balaban J connectivity index is 1.80. The molecule has 1 aliphatic rings. The van der Waals surface area contributed by atoms with Crippen LogP contribution in [-0.4, -0.2) is 23.6 Å². The Bertz CT molecular complexity index is 350. The summed E-state index contributed by atoms with van der Waals surface area (Å²) in [6.45, 7) is 0.615. The van der Waals surface area contributed by atoms with Crippen LogP contribution in [0.1, 0.15) is 5.56 Å². The van der Waals surface area contributed by atoms with E-state index in [1.54, 1.807) is 23.1 Å². The quantitative estimate of drug-likeness (QED) is 0.894. The molecule has 0 spiro atoms. The number of nitrogens with one attached hydrogen (secondary N) is 2. The predicted octanol–water partition coefficient (Wildman–Crippen LogP) is 1.79. The van der Waals surface area contributed by atoms with Crippen LogP contribution in [0, 0.1) is 0 Å². The lowest BCUT2D eigenvalue weighted by molar-refractivity contribution is -0.122. The summed E-state index contributed by atoms with van der Waals surface area (Å²) in [4.78, 5) is 11.6. The summed E-state index contributed by atoms with van der Waals surface area (Å²) in [5, 5.41) is 8.11. The Morgan fingerprint density at radius 1 is 1.73 bits per heavy atom. The zero-order chi connectivity index (χ0) is 10.7. The van der Waals surface area contributed by atoms with Gasteiger partial charge in [-0.05, 0) is 32.9 Å². The monoisotopic (exact) mass is 306 g/mol. The fraction of sp³-hybridized carbons (Fsp3) is 0.444. The van der Waals surface area contributed by atoms with Crippen LogP contribution in [0.15, 0.2) is 15.2 Å². The Morgan fingerprint density at radius 2 is 2.60 bits per heavy atom. The van der Waals surface area contributed by atoms with Crippen LogP contribution in [0.25, 0.3) is 0 Å². The fourth-order valence-electron chi connectivity index (χ4n) is 1.31. The molecule has 0 aromatic carbocycles. The molecular formula is C9H11BrN2OS2. The highest BCUT2D eigenvalue weighted by atomic mass is 79.9.